The topological polar surface area (TPSA) is 103 Å². The van der Waals surface area contributed by atoms with Crippen molar-refractivity contribution in [2.75, 3.05) is 32.8 Å². The molecule has 0 fully saturated rings. The van der Waals surface area contributed by atoms with Crippen molar-refractivity contribution in [3.05, 3.63) is 41.5 Å². The summed E-state index contributed by atoms with van der Waals surface area (Å²) < 4.78 is 21.2. The molecule has 1 amide bonds. The van der Waals surface area contributed by atoms with Gasteiger partial charge in [-0.15, -0.1) is 0 Å². The smallest absolute Gasteiger partial charge is 0.337 e. The van der Waals surface area contributed by atoms with E-state index in [4.69, 9.17) is 18.9 Å². The Morgan fingerprint density at radius 3 is 2.31 bits per heavy atom. The monoisotopic (exact) mass is 359 g/mol. The molecule has 0 saturated carbocycles. The lowest BCUT2D eigenvalue weighted by Gasteiger charge is -2.20. The standard InChI is InChI=1S/C18H17NO7/c1-23-10-3-4-11(14(7-10)24-2)17(20)19-13-9-16-15(25-5-6-26-16)8-12(13)18(21)22/h3-4,7-9H,5-6H2,1-2H3,(H,19,20)(H,21,22). The molecular formula is C18H17NO7. The van der Waals surface area contributed by atoms with Crippen molar-refractivity contribution in [2.24, 2.45) is 0 Å². The lowest BCUT2D eigenvalue weighted by molar-refractivity contribution is 0.0697. The van der Waals surface area contributed by atoms with Crippen molar-refractivity contribution < 1.29 is 33.6 Å². The van der Waals surface area contributed by atoms with Crippen molar-refractivity contribution in [3.8, 4) is 23.0 Å². The van der Waals surface area contributed by atoms with Gasteiger partial charge in [-0.05, 0) is 12.1 Å². The third kappa shape index (κ3) is 3.34. The minimum absolute atomic E-state index is 0.102. The molecule has 0 unspecified atom stereocenters. The zero-order valence-electron chi connectivity index (χ0n) is 14.2. The van der Waals surface area contributed by atoms with Gasteiger partial charge in [0, 0.05) is 18.2 Å². The summed E-state index contributed by atoms with van der Waals surface area (Å²) in [6.45, 7) is 0.680. The maximum atomic E-state index is 12.6. The number of hydrogen-bond donors (Lipinski definition) is 2. The highest BCUT2D eigenvalue weighted by molar-refractivity contribution is 6.09. The van der Waals surface area contributed by atoms with Crippen LogP contribution in [0.3, 0.4) is 0 Å². The van der Waals surface area contributed by atoms with Crippen LogP contribution in [0.5, 0.6) is 23.0 Å². The predicted molar refractivity (Wildman–Crippen MR) is 91.9 cm³/mol. The molecule has 0 atom stereocenters. The number of fused-ring (bicyclic) bond motifs is 1. The molecule has 1 aliphatic rings. The molecule has 0 bridgehead atoms. The van der Waals surface area contributed by atoms with E-state index in [-0.39, 0.29) is 16.8 Å². The van der Waals surface area contributed by atoms with E-state index in [1.807, 2.05) is 0 Å². The second kappa shape index (κ2) is 7.22. The van der Waals surface area contributed by atoms with Gasteiger partial charge < -0.3 is 29.4 Å². The molecule has 136 valence electrons. The first-order valence-corrected chi connectivity index (χ1v) is 7.73. The molecule has 0 aliphatic carbocycles. The van der Waals surface area contributed by atoms with Gasteiger partial charge in [0.25, 0.3) is 5.91 Å². The van der Waals surface area contributed by atoms with E-state index < -0.39 is 11.9 Å². The number of aromatic carboxylic acids is 1. The van der Waals surface area contributed by atoms with E-state index in [1.165, 1.54) is 32.4 Å². The third-order valence-electron chi connectivity index (χ3n) is 3.81. The normalized spacial score (nSPS) is 12.2. The highest BCUT2D eigenvalue weighted by atomic mass is 16.6. The Kier molecular flexibility index (Phi) is 4.83. The van der Waals surface area contributed by atoms with Gasteiger partial charge in [0.05, 0.1) is 31.0 Å². The first-order chi connectivity index (χ1) is 12.5. The molecule has 1 heterocycles. The van der Waals surface area contributed by atoms with Gasteiger partial charge >= 0.3 is 5.97 Å². The summed E-state index contributed by atoms with van der Waals surface area (Å²) in [4.78, 5) is 24.2. The van der Waals surface area contributed by atoms with Crippen LogP contribution in [0.25, 0.3) is 0 Å². The number of anilines is 1. The summed E-state index contributed by atoms with van der Waals surface area (Å²) in [5.41, 5.74) is 0.235. The Morgan fingerprint density at radius 1 is 1.00 bits per heavy atom. The Labute approximate surface area is 149 Å². The number of carbonyl (C=O) groups is 2. The van der Waals surface area contributed by atoms with Crippen molar-refractivity contribution in [1.29, 1.82) is 0 Å². The van der Waals surface area contributed by atoms with E-state index >= 15 is 0 Å². The van der Waals surface area contributed by atoms with Gasteiger partial charge in [0.1, 0.15) is 24.7 Å². The number of amides is 1. The Bertz CT molecular complexity index is 863. The van der Waals surface area contributed by atoms with Crippen LogP contribution < -0.4 is 24.3 Å². The van der Waals surface area contributed by atoms with Crippen LogP contribution >= 0.6 is 0 Å². The van der Waals surface area contributed by atoms with Crippen LogP contribution in [0, 0.1) is 0 Å². The fourth-order valence-corrected chi connectivity index (χ4v) is 2.54. The van der Waals surface area contributed by atoms with Crippen LogP contribution in [0.1, 0.15) is 20.7 Å². The second-order valence-corrected chi connectivity index (χ2v) is 5.37. The molecular weight excluding hydrogens is 342 g/mol. The lowest BCUT2D eigenvalue weighted by atomic mass is 10.1. The summed E-state index contributed by atoms with van der Waals surface area (Å²) in [5.74, 6) is -0.185. The maximum Gasteiger partial charge on any atom is 0.337 e. The summed E-state index contributed by atoms with van der Waals surface area (Å²) >= 11 is 0. The van der Waals surface area contributed by atoms with Gasteiger partial charge in [0.2, 0.25) is 0 Å². The number of benzene rings is 2. The highest BCUT2D eigenvalue weighted by Crippen LogP contribution is 2.36. The minimum atomic E-state index is -1.20. The molecule has 2 aromatic rings. The minimum Gasteiger partial charge on any atom is -0.497 e. The van der Waals surface area contributed by atoms with Crippen molar-refractivity contribution in [2.45, 2.75) is 0 Å². The molecule has 26 heavy (non-hydrogen) atoms. The molecule has 2 aromatic carbocycles. The Balaban J connectivity index is 1.95. The molecule has 0 spiro atoms. The van der Waals surface area contributed by atoms with E-state index in [9.17, 15) is 14.7 Å². The second-order valence-electron chi connectivity index (χ2n) is 5.37. The van der Waals surface area contributed by atoms with Crippen LogP contribution in [0.15, 0.2) is 30.3 Å². The summed E-state index contributed by atoms with van der Waals surface area (Å²) in [5, 5.41) is 12.0. The SMILES string of the molecule is COc1ccc(C(=O)Nc2cc3c(cc2C(=O)O)OCCO3)c(OC)c1. The van der Waals surface area contributed by atoms with Gasteiger partial charge in [0.15, 0.2) is 11.5 Å². The average Bonchev–Trinajstić information content (AvgIpc) is 2.66. The van der Waals surface area contributed by atoms with Crippen molar-refractivity contribution in [1.82, 2.24) is 0 Å². The quantitative estimate of drug-likeness (QED) is 0.845. The summed E-state index contributed by atoms with van der Waals surface area (Å²) in [7, 11) is 2.93. The van der Waals surface area contributed by atoms with Crippen LogP contribution in [0.2, 0.25) is 0 Å². The van der Waals surface area contributed by atoms with Crippen molar-refractivity contribution in [3.63, 3.8) is 0 Å². The molecule has 8 nitrogen and oxygen atoms in total. The van der Waals surface area contributed by atoms with E-state index in [0.29, 0.717) is 36.2 Å². The number of carbonyl (C=O) groups excluding carboxylic acids is 1. The largest absolute Gasteiger partial charge is 0.497 e. The van der Waals surface area contributed by atoms with Gasteiger partial charge in [-0.1, -0.05) is 0 Å². The van der Waals surface area contributed by atoms with Gasteiger partial charge in [-0.25, -0.2) is 4.79 Å². The molecule has 8 heteroatoms. The molecule has 3 rings (SSSR count). The fourth-order valence-electron chi connectivity index (χ4n) is 2.54. The summed E-state index contributed by atoms with van der Waals surface area (Å²) in [6, 6.07) is 7.48. The molecule has 1 aliphatic heterocycles. The highest BCUT2D eigenvalue weighted by Gasteiger charge is 2.22. The molecule has 0 saturated heterocycles. The number of ether oxygens (including phenoxy) is 4. The average molecular weight is 359 g/mol. The first kappa shape index (κ1) is 17.4. The van der Waals surface area contributed by atoms with Crippen LogP contribution in [0.4, 0.5) is 5.69 Å². The zero-order chi connectivity index (χ0) is 18.7. The van der Waals surface area contributed by atoms with E-state index in [1.54, 1.807) is 12.1 Å². The third-order valence-corrected chi connectivity index (χ3v) is 3.81. The predicted octanol–water partition coefficient (Wildman–Crippen LogP) is 2.43. The van der Waals surface area contributed by atoms with E-state index in [2.05, 4.69) is 5.32 Å². The molecule has 0 aromatic heterocycles. The van der Waals surface area contributed by atoms with Crippen LogP contribution in [-0.4, -0.2) is 44.4 Å². The maximum absolute atomic E-state index is 12.6. The number of rotatable bonds is 5. The lowest BCUT2D eigenvalue weighted by Crippen LogP contribution is -2.19. The number of carboxylic acid groups (broad SMARTS) is 1. The zero-order valence-corrected chi connectivity index (χ0v) is 14.2. The van der Waals surface area contributed by atoms with Crippen molar-refractivity contribution >= 4 is 17.6 Å². The summed E-state index contributed by atoms with van der Waals surface area (Å²) in [6.07, 6.45) is 0. The van der Waals surface area contributed by atoms with Gasteiger partial charge in [-0.2, -0.15) is 0 Å². The number of methoxy groups -OCH3 is 2. The Morgan fingerprint density at radius 2 is 1.69 bits per heavy atom. The molecule has 2 N–H and O–H groups in total. The van der Waals surface area contributed by atoms with Crippen LogP contribution in [-0.2, 0) is 0 Å². The fraction of sp³-hybridized carbons (Fsp3) is 0.222. The van der Waals surface area contributed by atoms with E-state index in [0.717, 1.165) is 0 Å². The number of carboxylic acids is 1. The Hall–Kier alpha value is -3.42. The first-order valence-electron chi connectivity index (χ1n) is 7.73. The van der Waals surface area contributed by atoms with Gasteiger partial charge in [-0.3, -0.25) is 4.79 Å². The molecule has 0 radical (unpaired) electrons. The number of nitrogens with one attached hydrogen (secondary N) is 1. The number of hydrogen-bond acceptors (Lipinski definition) is 6.